The van der Waals surface area contributed by atoms with Crippen LogP contribution in [0.2, 0.25) is 0 Å². The fourth-order valence-corrected chi connectivity index (χ4v) is 5.66. The molecule has 0 saturated heterocycles. The van der Waals surface area contributed by atoms with Crippen LogP contribution in [0.4, 0.5) is 10.5 Å². The summed E-state index contributed by atoms with van der Waals surface area (Å²) in [5.41, 5.74) is 2.98. The van der Waals surface area contributed by atoms with E-state index in [9.17, 15) is 13.2 Å². The number of hydrogen-bond acceptors (Lipinski definition) is 6. The van der Waals surface area contributed by atoms with Gasteiger partial charge in [0.15, 0.2) is 0 Å². The number of para-hydroxylation sites is 1. The lowest BCUT2D eigenvalue weighted by atomic mass is 9.87. The van der Waals surface area contributed by atoms with E-state index in [0.717, 1.165) is 9.87 Å². The predicted molar refractivity (Wildman–Crippen MR) is 136 cm³/mol. The molecule has 184 valence electrons. The number of sulfonamides is 1. The van der Waals surface area contributed by atoms with E-state index in [-0.39, 0.29) is 35.0 Å². The van der Waals surface area contributed by atoms with Gasteiger partial charge in [-0.15, -0.1) is 0 Å². The Bertz CT molecular complexity index is 1510. The molecule has 5 rings (SSSR count). The van der Waals surface area contributed by atoms with Crippen LogP contribution in [0.5, 0.6) is 0 Å². The molecule has 3 aromatic carbocycles. The molecule has 2 amide bonds. The molecule has 4 aromatic rings. The van der Waals surface area contributed by atoms with Crippen molar-refractivity contribution in [2.45, 2.75) is 44.2 Å². The van der Waals surface area contributed by atoms with E-state index in [4.69, 9.17) is 4.52 Å². The third-order valence-corrected chi connectivity index (χ3v) is 7.87. The van der Waals surface area contributed by atoms with Crippen molar-refractivity contribution in [3.63, 3.8) is 0 Å². The van der Waals surface area contributed by atoms with E-state index in [1.54, 1.807) is 42.5 Å². The van der Waals surface area contributed by atoms with Gasteiger partial charge in [0, 0.05) is 5.56 Å². The zero-order chi connectivity index (χ0) is 25.5. The van der Waals surface area contributed by atoms with Gasteiger partial charge in [-0.3, -0.25) is 4.90 Å². The van der Waals surface area contributed by atoms with Gasteiger partial charge in [-0.05, 0) is 28.7 Å². The molecule has 1 aromatic heterocycles. The molecule has 0 spiro atoms. The number of benzene rings is 3. The van der Waals surface area contributed by atoms with E-state index >= 15 is 0 Å². The first-order chi connectivity index (χ1) is 17.1. The van der Waals surface area contributed by atoms with Gasteiger partial charge >= 0.3 is 6.03 Å². The molecule has 0 saturated carbocycles. The monoisotopic (exact) mass is 502 g/mol. The maximum absolute atomic E-state index is 13.5. The van der Waals surface area contributed by atoms with Gasteiger partial charge in [0.05, 0.1) is 12.2 Å². The fourth-order valence-electron chi connectivity index (χ4n) is 4.10. The minimum Gasteiger partial charge on any atom is -0.337 e. The van der Waals surface area contributed by atoms with E-state index in [1.807, 2.05) is 30.3 Å². The van der Waals surface area contributed by atoms with Crippen molar-refractivity contribution in [2.75, 3.05) is 4.90 Å². The highest BCUT2D eigenvalue weighted by molar-refractivity contribution is 7.90. The topological polar surface area (TPSA) is 96.6 Å². The van der Waals surface area contributed by atoms with Crippen molar-refractivity contribution < 1.29 is 17.7 Å². The van der Waals surface area contributed by atoms with Crippen LogP contribution in [0.15, 0.2) is 88.3 Å². The number of carbonyl (C=O) groups excluding carboxylic acids is 1. The van der Waals surface area contributed by atoms with E-state index in [1.165, 1.54) is 16.5 Å². The number of urea groups is 1. The molecule has 0 aliphatic carbocycles. The van der Waals surface area contributed by atoms with Crippen LogP contribution >= 0.6 is 0 Å². The maximum Gasteiger partial charge on any atom is 0.339 e. The van der Waals surface area contributed by atoms with Crippen LogP contribution in [0.3, 0.4) is 0 Å². The summed E-state index contributed by atoms with van der Waals surface area (Å²) >= 11 is 0. The molecule has 0 unspecified atom stereocenters. The van der Waals surface area contributed by atoms with Gasteiger partial charge in [0.1, 0.15) is 11.4 Å². The number of carbonyl (C=O) groups is 1. The van der Waals surface area contributed by atoms with Crippen molar-refractivity contribution in [2.24, 2.45) is 0 Å². The zero-order valence-electron chi connectivity index (χ0n) is 20.2. The van der Waals surface area contributed by atoms with Gasteiger partial charge in [0.25, 0.3) is 10.0 Å². The lowest BCUT2D eigenvalue weighted by Crippen LogP contribution is -2.50. The van der Waals surface area contributed by atoms with Crippen molar-refractivity contribution in [1.29, 1.82) is 0 Å². The minimum absolute atomic E-state index is 0.0227. The lowest BCUT2D eigenvalue weighted by Gasteiger charge is -2.35. The standard InChI is InChI=1S/C27H26N4O4S/c1-27(2,3)21-15-13-20(14-16-21)25-28-24(35-29-25)18-30-22-11-7-8-12-23(22)36(33,34)31(26(30)32)17-19-9-5-4-6-10-19/h4-16H,17-18H2,1-3H3. The number of fused-ring (bicyclic) bond motifs is 1. The second kappa shape index (κ2) is 8.91. The highest BCUT2D eigenvalue weighted by Gasteiger charge is 2.42. The van der Waals surface area contributed by atoms with Crippen LogP contribution in [0, 0.1) is 0 Å². The quantitative estimate of drug-likeness (QED) is 0.364. The average molecular weight is 503 g/mol. The maximum atomic E-state index is 13.5. The summed E-state index contributed by atoms with van der Waals surface area (Å²) in [5, 5.41) is 4.08. The van der Waals surface area contributed by atoms with Crippen LogP contribution in [-0.4, -0.2) is 28.9 Å². The second-order valence-electron chi connectivity index (χ2n) is 9.67. The van der Waals surface area contributed by atoms with E-state index < -0.39 is 16.1 Å². The summed E-state index contributed by atoms with van der Waals surface area (Å²) in [6.45, 7) is 6.28. The first-order valence-corrected chi connectivity index (χ1v) is 13.0. The molecule has 8 nitrogen and oxygen atoms in total. The van der Waals surface area contributed by atoms with Crippen LogP contribution < -0.4 is 4.90 Å². The van der Waals surface area contributed by atoms with E-state index in [0.29, 0.717) is 11.4 Å². The number of anilines is 1. The Hall–Kier alpha value is -3.98. The smallest absolute Gasteiger partial charge is 0.337 e. The highest BCUT2D eigenvalue weighted by Crippen LogP contribution is 2.36. The first-order valence-electron chi connectivity index (χ1n) is 11.6. The first kappa shape index (κ1) is 23.7. The number of nitrogens with zero attached hydrogens (tertiary/aromatic N) is 4. The normalized spacial score (nSPS) is 15.1. The summed E-state index contributed by atoms with van der Waals surface area (Å²) in [6, 6.07) is 22.7. The molecule has 0 radical (unpaired) electrons. The second-order valence-corrected chi connectivity index (χ2v) is 11.5. The Morgan fingerprint density at radius 2 is 1.53 bits per heavy atom. The van der Waals surface area contributed by atoms with Crippen LogP contribution in [-0.2, 0) is 28.5 Å². The van der Waals surface area contributed by atoms with Gasteiger partial charge in [-0.2, -0.15) is 4.98 Å². The number of rotatable bonds is 5. The molecule has 1 aliphatic heterocycles. The predicted octanol–water partition coefficient (Wildman–Crippen LogP) is 5.37. The average Bonchev–Trinajstić information content (AvgIpc) is 3.34. The van der Waals surface area contributed by atoms with Crippen molar-refractivity contribution in [3.05, 3.63) is 95.9 Å². The van der Waals surface area contributed by atoms with Gasteiger partial charge in [-0.25, -0.2) is 17.5 Å². The zero-order valence-corrected chi connectivity index (χ0v) is 21.1. The Kier molecular flexibility index (Phi) is 5.88. The number of hydrogen-bond donors (Lipinski definition) is 0. The molecule has 1 aliphatic rings. The summed E-state index contributed by atoms with van der Waals surface area (Å²) < 4.78 is 33.0. The molecule has 0 atom stereocenters. The van der Waals surface area contributed by atoms with Crippen LogP contribution in [0.25, 0.3) is 11.4 Å². The number of amides is 2. The third kappa shape index (κ3) is 4.37. The molecule has 36 heavy (non-hydrogen) atoms. The minimum atomic E-state index is -4.03. The lowest BCUT2D eigenvalue weighted by molar-refractivity contribution is 0.225. The molecule has 2 heterocycles. The molecular formula is C27H26N4O4S. The SMILES string of the molecule is CC(C)(C)c1ccc(-c2noc(CN3C(=O)N(Cc4ccccc4)S(=O)(=O)c4ccccc43)n2)cc1. The molecule has 0 bridgehead atoms. The van der Waals surface area contributed by atoms with Crippen molar-refractivity contribution >= 4 is 21.7 Å². The summed E-state index contributed by atoms with van der Waals surface area (Å²) in [7, 11) is -4.03. The highest BCUT2D eigenvalue weighted by atomic mass is 32.2. The molecule has 9 heteroatoms. The van der Waals surface area contributed by atoms with Gasteiger partial charge < -0.3 is 4.52 Å². The van der Waals surface area contributed by atoms with Crippen molar-refractivity contribution in [3.8, 4) is 11.4 Å². The van der Waals surface area contributed by atoms with Crippen LogP contribution in [0.1, 0.15) is 37.8 Å². The largest absolute Gasteiger partial charge is 0.339 e. The molecule has 0 fully saturated rings. The summed E-state index contributed by atoms with van der Waals surface area (Å²) in [4.78, 5) is 19.4. The fraction of sp³-hybridized carbons (Fsp3) is 0.222. The van der Waals surface area contributed by atoms with E-state index in [2.05, 4.69) is 30.9 Å². The Balaban J connectivity index is 1.46. The summed E-state index contributed by atoms with van der Waals surface area (Å²) in [5.74, 6) is 0.601. The van der Waals surface area contributed by atoms with Gasteiger partial charge in [-0.1, -0.05) is 92.7 Å². The van der Waals surface area contributed by atoms with Crippen molar-refractivity contribution in [1.82, 2.24) is 14.4 Å². The Morgan fingerprint density at radius 3 is 2.22 bits per heavy atom. The summed E-state index contributed by atoms with van der Waals surface area (Å²) in [6.07, 6.45) is 0. The molecular weight excluding hydrogens is 476 g/mol. The number of aromatic nitrogens is 2. The van der Waals surface area contributed by atoms with Gasteiger partial charge in [0.2, 0.25) is 11.7 Å². The molecule has 0 N–H and O–H groups in total. The third-order valence-electron chi connectivity index (χ3n) is 6.11. The Morgan fingerprint density at radius 1 is 0.861 bits per heavy atom. The Labute approximate surface area is 210 Å².